The normalized spacial score (nSPS) is 15.9. The fourth-order valence-electron chi connectivity index (χ4n) is 2.05. The number of benzene rings is 1. The van der Waals surface area contributed by atoms with Gasteiger partial charge >= 0.3 is 0 Å². The van der Waals surface area contributed by atoms with Crippen LogP contribution in [0.2, 0.25) is 0 Å². The highest BCUT2D eigenvalue weighted by molar-refractivity contribution is 5.99. The lowest BCUT2D eigenvalue weighted by Crippen LogP contribution is -2.37. The molecule has 1 aromatic carbocycles. The Balaban J connectivity index is 2.29. The van der Waals surface area contributed by atoms with Crippen LogP contribution in [0.5, 0.6) is 0 Å². The van der Waals surface area contributed by atoms with Crippen LogP contribution in [0.25, 0.3) is 0 Å². The molecule has 0 amide bonds. The largest absolute Gasteiger partial charge is 0.371 e. The summed E-state index contributed by atoms with van der Waals surface area (Å²) in [7, 11) is 2.09. The SMILES string of the molecule is CC(=O)c1ccccc1N(C)C1CCC1. The van der Waals surface area contributed by atoms with Crippen LogP contribution < -0.4 is 4.90 Å². The van der Waals surface area contributed by atoms with Gasteiger partial charge in [-0.1, -0.05) is 12.1 Å². The minimum atomic E-state index is 0.150. The van der Waals surface area contributed by atoms with Crippen LogP contribution in [-0.4, -0.2) is 18.9 Å². The maximum atomic E-state index is 11.5. The highest BCUT2D eigenvalue weighted by Gasteiger charge is 2.24. The van der Waals surface area contributed by atoms with Crippen molar-refractivity contribution in [1.82, 2.24) is 0 Å². The summed E-state index contributed by atoms with van der Waals surface area (Å²) in [6.07, 6.45) is 3.82. The van der Waals surface area contributed by atoms with Gasteiger partial charge in [-0.05, 0) is 38.3 Å². The second-order valence-corrected chi connectivity index (χ2v) is 4.27. The van der Waals surface area contributed by atoms with E-state index in [4.69, 9.17) is 0 Å². The predicted octanol–water partition coefficient (Wildman–Crippen LogP) is 2.88. The molecule has 0 N–H and O–H groups in total. The van der Waals surface area contributed by atoms with Crippen molar-refractivity contribution in [2.45, 2.75) is 32.2 Å². The number of nitrogens with zero attached hydrogens (tertiary/aromatic N) is 1. The third-order valence-electron chi connectivity index (χ3n) is 3.29. The smallest absolute Gasteiger partial charge is 0.161 e. The number of Topliss-reactive ketones (excluding diaryl/α,β-unsaturated/α-hetero) is 1. The average molecular weight is 203 g/mol. The topological polar surface area (TPSA) is 20.3 Å². The van der Waals surface area contributed by atoms with Gasteiger partial charge in [-0.2, -0.15) is 0 Å². The number of carbonyl (C=O) groups is 1. The van der Waals surface area contributed by atoms with E-state index in [1.165, 1.54) is 19.3 Å². The molecule has 1 saturated carbocycles. The first kappa shape index (κ1) is 10.2. The van der Waals surface area contributed by atoms with Gasteiger partial charge in [-0.15, -0.1) is 0 Å². The monoisotopic (exact) mass is 203 g/mol. The number of para-hydroxylation sites is 1. The second kappa shape index (κ2) is 4.05. The lowest BCUT2D eigenvalue weighted by Gasteiger charge is -2.37. The van der Waals surface area contributed by atoms with Gasteiger partial charge < -0.3 is 4.90 Å². The highest BCUT2D eigenvalue weighted by atomic mass is 16.1. The lowest BCUT2D eigenvalue weighted by atomic mass is 9.91. The van der Waals surface area contributed by atoms with Crippen molar-refractivity contribution in [2.75, 3.05) is 11.9 Å². The van der Waals surface area contributed by atoms with E-state index in [9.17, 15) is 4.79 Å². The zero-order valence-electron chi connectivity index (χ0n) is 9.36. The molecule has 0 unspecified atom stereocenters. The standard InChI is InChI=1S/C13H17NO/c1-10(15)12-8-3-4-9-13(12)14(2)11-6-5-7-11/h3-4,8-9,11H,5-7H2,1-2H3. The summed E-state index contributed by atoms with van der Waals surface area (Å²) in [4.78, 5) is 13.7. The number of hydrogen-bond donors (Lipinski definition) is 0. The third kappa shape index (κ3) is 1.89. The second-order valence-electron chi connectivity index (χ2n) is 4.27. The van der Waals surface area contributed by atoms with Crippen LogP contribution in [0.15, 0.2) is 24.3 Å². The van der Waals surface area contributed by atoms with Gasteiger partial charge in [0, 0.05) is 24.3 Å². The van der Waals surface area contributed by atoms with Gasteiger partial charge in [0.1, 0.15) is 0 Å². The molecule has 0 aliphatic heterocycles. The van der Waals surface area contributed by atoms with Gasteiger partial charge in [0.25, 0.3) is 0 Å². The van der Waals surface area contributed by atoms with Crippen molar-refractivity contribution >= 4 is 11.5 Å². The van der Waals surface area contributed by atoms with Crippen LogP contribution in [0.3, 0.4) is 0 Å². The molecule has 0 heterocycles. The van der Waals surface area contributed by atoms with Crippen molar-refractivity contribution in [2.24, 2.45) is 0 Å². The molecule has 2 nitrogen and oxygen atoms in total. The number of anilines is 1. The van der Waals surface area contributed by atoms with Crippen LogP contribution in [-0.2, 0) is 0 Å². The Morgan fingerprint density at radius 2 is 2.00 bits per heavy atom. The molecule has 0 spiro atoms. The van der Waals surface area contributed by atoms with E-state index in [1.807, 2.05) is 24.3 Å². The summed E-state index contributed by atoms with van der Waals surface area (Å²) in [5.41, 5.74) is 1.92. The maximum Gasteiger partial charge on any atom is 0.161 e. The average Bonchev–Trinajstić information content (AvgIpc) is 2.15. The highest BCUT2D eigenvalue weighted by Crippen LogP contribution is 2.30. The van der Waals surface area contributed by atoms with Gasteiger partial charge in [0.15, 0.2) is 5.78 Å². The Hall–Kier alpha value is -1.31. The van der Waals surface area contributed by atoms with E-state index < -0.39 is 0 Å². The molecule has 80 valence electrons. The van der Waals surface area contributed by atoms with Crippen molar-refractivity contribution in [1.29, 1.82) is 0 Å². The Morgan fingerprint density at radius 3 is 2.53 bits per heavy atom. The first-order valence-corrected chi connectivity index (χ1v) is 5.53. The van der Waals surface area contributed by atoms with Crippen LogP contribution >= 0.6 is 0 Å². The van der Waals surface area contributed by atoms with Gasteiger partial charge in [0.05, 0.1) is 0 Å². The first-order chi connectivity index (χ1) is 7.20. The summed E-state index contributed by atoms with van der Waals surface area (Å²) >= 11 is 0. The molecule has 0 radical (unpaired) electrons. The summed E-state index contributed by atoms with van der Waals surface area (Å²) in [5, 5.41) is 0. The van der Waals surface area contributed by atoms with Crippen molar-refractivity contribution < 1.29 is 4.79 Å². The number of hydrogen-bond acceptors (Lipinski definition) is 2. The molecular weight excluding hydrogens is 186 g/mol. The molecule has 2 rings (SSSR count). The minimum Gasteiger partial charge on any atom is -0.371 e. The van der Waals surface area contributed by atoms with Crippen molar-refractivity contribution in [3.05, 3.63) is 29.8 Å². The van der Waals surface area contributed by atoms with Crippen molar-refractivity contribution in [3.63, 3.8) is 0 Å². The molecule has 2 heteroatoms. The predicted molar refractivity (Wildman–Crippen MR) is 62.5 cm³/mol. The van der Waals surface area contributed by atoms with E-state index in [2.05, 4.69) is 11.9 Å². The summed E-state index contributed by atoms with van der Waals surface area (Å²) in [6.45, 7) is 1.63. The van der Waals surface area contributed by atoms with Gasteiger partial charge in [-0.25, -0.2) is 0 Å². The molecule has 0 atom stereocenters. The quantitative estimate of drug-likeness (QED) is 0.704. The summed E-state index contributed by atoms with van der Waals surface area (Å²) in [5.74, 6) is 0.150. The number of rotatable bonds is 3. The van der Waals surface area contributed by atoms with Crippen LogP contribution in [0, 0.1) is 0 Å². The molecule has 1 fully saturated rings. The molecule has 1 aliphatic carbocycles. The number of carbonyl (C=O) groups excluding carboxylic acids is 1. The van der Waals surface area contributed by atoms with Crippen LogP contribution in [0.4, 0.5) is 5.69 Å². The van der Waals surface area contributed by atoms with E-state index in [1.54, 1.807) is 6.92 Å². The minimum absolute atomic E-state index is 0.150. The van der Waals surface area contributed by atoms with Gasteiger partial charge in [-0.3, -0.25) is 4.79 Å². The zero-order chi connectivity index (χ0) is 10.8. The fourth-order valence-corrected chi connectivity index (χ4v) is 2.05. The van der Waals surface area contributed by atoms with Crippen molar-refractivity contribution in [3.8, 4) is 0 Å². The lowest BCUT2D eigenvalue weighted by molar-refractivity contribution is 0.101. The van der Waals surface area contributed by atoms with Crippen LogP contribution in [0.1, 0.15) is 36.5 Å². The van der Waals surface area contributed by atoms with E-state index in [0.717, 1.165) is 11.3 Å². The first-order valence-electron chi connectivity index (χ1n) is 5.53. The Kier molecular flexibility index (Phi) is 2.76. The summed E-state index contributed by atoms with van der Waals surface area (Å²) < 4.78 is 0. The number of ketones is 1. The van der Waals surface area contributed by atoms with Gasteiger partial charge in [0.2, 0.25) is 0 Å². The fraction of sp³-hybridized carbons (Fsp3) is 0.462. The molecule has 1 aromatic rings. The maximum absolute atomic E-state index is 11.5. The molecule has 1 aliphatic rings. The Morgan fingerprint density at radius 1 is 1.33 bits per heavy atom. The molecule has 0 bridgehead atoms. The molecular formula is C13H17NO. The molecule has 0 aromatic heterocycles. The molecule has 15 heavy (non-hydrogen) atoms. The zero-order valence-corrected chi connectivity index (χ0v) is 9.36. The van der Waals surface area contributed by atoms with E-state index in [0.29, 0.717) is 6.04 Å². The third-order valence-corrected chi connectivity index (χ3v) is 3.29. The Bertz CT molecular complexity index is 369. The summed E-state index contributed by atoms with van der Waals surface area (Å²) in [6, 6.07) is 8.50. The molecule has 0 saturated heterocycles. The van der Waals surface area contributed by atoms with E-state index in [-0.39, 0.29) is 5.78 Å². The Labute approximate surface area is 90.9 Å². The van der Waals surface area contributed by atoms with E-state index >= 15 is 0 Å².